The van der Waals surface area contributed by atoms with Crippen LogP contribution in [0.25, 0.3) is 6.08 Å². The van der Waals surface area contributed by atoms with Gasteiger partial charge in [0.1, 0.15) is 11.5 Å². The minimum absolute atomic E-state index is 0.152. The normalized spacial score (nSPS) is 13.8. The van der Waals surface area contributed by atoms with E-state index in [1.807, 2.05) is 0 Å². The lowest BCUT2D eigenvalue weighted by Crippen LogP contribution is -2.11. The van der Waals surface area contributed by atoms with Crippen molar-refractivity contribution in [2.24, 2.45) is 0 Å². The summed E-state index contributed by atoms with van der Waals surface area (Å²) in [5, 5.41) is 1.36. The van der Waals surface area contributed by atoms with Gasteiger partial charge in [0.2, 0.25) is 5.78 Å². The van der Waals surface area contributed by atoms with Crippen LogP contribution in [0.4, 0.5) is 0 Å². The molecule has 0 aliphatic carbocycles. The maximum atomic E-state index is 12.6. The molecule has 4 nitrogen and oxygen atoms in total. The van der Waals surface area contributed by atoms with Gasteiger partial charge >= 0.3 is 0 Å². The second-order valence-electron chi connectivity index (χ2n) is 6.49. The molecule has 1 heterocycles. The molecule has 30 heavy (non-hydrogen) atoms. The van der Waals surface area contributed by atoms with Crippen molar-refractivity contribution in [3.63, 3.8) is 0 Å². The predicted molar refractivity (Wildman–Crippen MR) is 117 cm³/mol. The lowest BCUT2D eigenvalue weighted by atomic mass is 10.1. The standard InChI is InChI=1S/C23H13Cl3O4/c24-15-4-2-14(3-5-15)20(27)12-29-16-6-7-17-21(11-16)30-22(23(17)28)10-13-1-8-18(25)19(26)9-13/h1-11H,12H2/b22-10-. The number of carbonyl (C=O) groups is 2. The second-order valence-corrected chi connectivity index (χ2v) is 7.74. The molecule has 0 saturated heterocycles. The molecule has 1 aliphatic heterocycles. The molecule has 4 rings (SSSR count). The summed E-state index contributed by atoms with van der Waals surface area (Å²) in [4.78, 5) is 24.8. The Labute approximate surface area is 187 Å². The zero-order valence-corrected chi connectivity index (χ0v) is 17.6. The number of rotatable bonds is 5. The summed E-state index contributed by atoms with van der Waals surface area (Å²) < 4.78 is 11.3. The average Bonchev–Trinajstić information content (AvgIpc) is 3.04. The van der Waals surface area contributed by atoms with Crippen LogP contribution in [0, 0.1) is 0 Å². The number of allylic oxidation sites excluding steroid dienone is 1. The third kappa shape index (κ3) is 4.36. The maximum Gasteiger partial charge on any atom is 0.231 e. The highest BCUT2D eigenvalue weighted by molar-refractivity contribution is 6.42. The quantitative estimate of drug-likeness (QED) is 0.322. The molecule has 0 N–H and O–H groups in total. The summed E-state index contributed by atoms with van der Waals surface area (Å²) in [6.07, 6.45) is 1.59. The van der Waals surface area contributed by atoms with Crippen molar-refractivity contribution in [3.8, 4) is 11.5 Å². The number of Topliss-reactive ketones (excluding diaryl/α,β-unsaturated/α-hetero) is 2. The van der Waals surface area contributed by atoms with E-state index in [2.05, 4.69) is 0 Å². The lowest BCUT2D eigenvalue weighted by molar-refractivity contribution is 0.0921. The van der Waals surface area contributed by atoms with Crippen LogP contribution >= 0.6 is 34.8 Å². The first-order valence-electron chi connectivity index (χ1n) is 8.85. The van der Waals surface area contributed by atoms with E-state index in [1.54, 1.807) is 66.7 Å². The van der Waals surface area contributed by atoms with Gasteiger partial charge in [0.25, 0.3) is 0 Å². The molecule has 7 heteroatoms. The van der Waals surface area contributed by atoms with Gasteiger partial charge < -0.3 is 9.47 Å². The Morgan fingerprint density at radius 1 is 0.933 bits per heavy atom. The maximum absolute atomic E-state index is 12.6. The van der Waals surface area contributed by atoms with E-state index in [4.69, 9.17) is 44.3 Å². The molecule has 1 aliphatic rings. The number of halogens is 3. The first-order valence-corrected chi connectivity index (χ1v) is 9.99. The predicted octanol–water partition coefficient (Wildman–Crippen LogP) is 6.52. The summed E-state index contributed by atoms with van der Waals surface area (Å²) >= 11 is 17.8. The molecular weight excluding hydrogens is 447 g/mol. The minimum Gasteiger partial charge on any atom is -0.485 e. The molecule has 0 amide bonds. The number of benzene rings is 3. The van der Waals surface area contributed by atoms with Crippen LogP contribution in [0.2, 0.25) is 15.1 Å². The van der Waals surface area contributed by atoms with E-state index in [9.17, 15) is 9.59 Å². The molecule has 3 aromatic rings. The van der Waals surface area contributed by atoms with Crippen molar-refractivity contribution in [2.45, 2.75) is 0 Å². The Bertz CT molecular complexity index is 1180. The van der Waals surface area contributed by atoms with Crippen molar-refractivity contribution >= 4 is 52.4 Å². The van der Waals surface area contributed by atoms with E-state index in [1.165, 1.54) is 0 Å². The average molecular weight is 460 g/mol. The smallest absolute Gasteiger partial charge is 0.231 e. The van der Waals surface area contributed by atoms with Gasteiger partial charge in [-0.1, -0.05) is 40.9 Å². The van der Waals surface area contributed by atoms with Gasteiger partial charge in [-0.05, 0) is 60.2 Å². The van der Waals surface area contributed by atoms with Crippen LogP contribution < -0.4 is 9.47 Å². The van der Waals surface area contributed by atoms with Crippen molar-refractivity contribution in [3.05, 3.63) is 98.2 Å². The zero-order valence-electron chi connectivity index (χ0n) is 15.3. The fourth-order valence-electron chi connectivity index (χ4n) is 2.88. The Hall–Kier alpha value is -2.79. The van der Waals surface area contributed by atoms with Gasteiger partial charge in [-0.3, -0.25) is 9.59 Å². The van der Waals surface area contributed by atoms with Crippen LogP contribution in [-0.4, -0.2) is 18.2 Å². The van der Waals surface area contributed by atoms with Crippen LogP contribution in [-0.2, 0) is 0 Å². The van der Waals surface area contributed by atoms with Gasteiger partial charge in [-0.15, -0.1) is 0 Å². The van der Waals surface area contributed by atoms with Crippen LogP contribution in [0.5, 0.6) is 11.5 Å². The SMILES string of the molecule is O=C(COc1ccc2c(c1)O/C(=C\c1ccc(Cl)c(Cl)c1)C2=O)c1ccc(Cl)cc1. The molecule has 0 spiro atoms. The molecule has 0 radical (unpaired) electrons. The Morgan fingerprint density at radius 3 is 2.43 bits per heavy atom. The molecule has 0 saturated carbocycles. The van der Waals surface area contributed by atoms with Crippen molar-refractivity contribution in [2.75, 3.05) is 6.61 Å². The number of carbonyl (C=O) groups excluding carboxylic acids is 2. The highest BCUT2D eigenvalue weighted by Crippen LogP contribution is 2.35. The molecular formula is C23H13Cl3O4. The lowest BCUT2D eigenvalue weighted by Gasteiger charge is -2.07. The number of hydrogen-bond donors (Lipinski definition) is 0. The Balaban J connectivity index is 1.47. The topological polar surface area (TPSA) is 52.6 Å². The molecule has 3 aromatic carbocycles. The van der Waals surface area contributed by atoms with Gasteiger partial charge in [-0.25, -0.2) is 0 Å². The van der Waals surface area contributed by atoms with Gasteiger partial charge in [0.05, 0.1) is 15.6 Å². The highest BCUT2D eigenvalue weighted by Gasteiger charge is 2.28. The van der Waals surface area contributed by atoms with E-state index in [-0.39, 0.29) is 23.9 Å². The van der Waals surface area contributed by atoms with Crippen LogP contribution in [0.3, 0.4) is 0 Å². The third-order valence-electron chi connectivity index (χ3n) is 4.42. The first-order chi connectivity index (χ1) is 14.4. The van der Waals surface area contributed by atoms with Gasteiger partial charge in [-0.2, -0.15) is 0 Å². The number of hydrogen-bond acceptors (Lipinski definition) is 4. The van der Waals surface area contributed by atoms with Gasteiger partial charge in [0.15, 0.2) is 18.1 Å². The van der Waals surface area contributed by atoms with E-state index in [0.717, 1.165) is 0 Å². The zero-order chi connectivity index (χ0) is 21.3. The highest BCUT2D eigenvalue weighted by atomic mass is 35.5. The van der Waals surface area contributed by atoms with E-state index in [0.29, 0.717) is 43.3 Å². The largest absolute Gasteiger partial charge is 0.485 e. The van der Waals surface area contributed by atoms with Crippen molar-refractivity contribution in [1.82, 2.24) is 0 Å². The molecule has 0 aromatic heterocycles. The fourth-order valence-corrected chi connectivity index (χ4v) is 3.31. The summed E-state index contributed by atoms with van der Waals surface area (Å²) in [5.41, 5.74) is 1.60. The molecule has 0 bridgehead atoms. The Kier molecular flexibility index (Phi) is 5.82. The summed E-state index contributed by atoms with van der Waals surface area (Å²) in [6, 6.07) is 16.4. The molecule has 150 valence electrons. The van der Waals surface area contributed by atoms with Crippen LogP contribution in [0.15, 0.2) is 66.4 Å². The molecule has 0 unspecified atom stereocenters. The van der Waals surface area contributed by atoms with E-state index < -0.39 is 0 Å². The summed E-state index contributed by atoms with van der Waals surface area (Å²) in [6.45, 7) is -0.152. The van der Waals surface area contributed by atoms with E-state index >= 15 is 0 Å². The third-order valence-corrected chi connectivity index (χ3v) is 5.41. The minimum atomic E-state index is -0.250. The van der Waals surface area contributed by atoms with Crippen molar-refractivity contribution in [1.29, 1.82) is 0 Å². The Morgan fingerprint density at radius 2 is 1.70 bits per heavy atom. The number of ether oxygens (including phenoxy) is 2. The van der Waals surface area contributed by atoms with Gasteiger partial charge in [0, 0.05) is 16.7 Å². The monoisotopic (exact) mass is 458 g/mol. The number of ketones is 2. The summed E-state index contributed by atoms with van der Waals surface area (Å²) in [7, 11) is 0. The molecule has 0 fully saturated rings. The summed E-state index contributed by atoms with van der Waals surface area (Å²) in [5.74, 6) is 0.504. The first kappa shape index (κ1) is 20.5. The second kappa shape index (κ2) is 8.52. The van der Waals surface area contributed by atoms with Crippen molar-refractivity contribution < 1.29 is 19.1 Å². The number of fused-ring (bicyclic) bond motifs is 1. The molecule has 0 atom stereocenters. The fraction of sp³-hybridized carbons (Fsp3) is 0.0435. The van der Waals surface area contributed by atoms with Crippen LogP contribution in [0.1, 0.15) is 26.3 Å².